The van der Waals surface area contributed by atoms with Crippen LogP contribution < -0.4 is 5.32 Å². The van der Waals surface area contributed by atoms with Gasteiger partial charge in [-0.25, -0.2) is 4.98 Å². The molecule has 0 bridgehead atoms. The summed E-state index contributed by atoms with van der Waals surface area (Å²) in [7, 11) is 1.87. The lowest BCUT2D eigenvalue weighted by molar-refractivity contribution is 0.101. The van der Waals surface area contributed by atoms with E-state index in [4.69, 9.17) is 0 Å². The molecule has 0 radical (unpaired) electrons. The van der Waals surface area contributed by atoms with E-state index in [0.29, 0.717) is 5.69 Å². The quantitative estimate of drug-likeness (QED) is 0.713. The van der Waals surface area contributed by atoms with Gasteiger partial charge in [0.1, 0.15) is 5.69 Å². The number of thioether (sulfide) groups is 1. The summed E-state index contributed by atoms with van der Waals surface area (Å²) in [4.78, 5) is 18.1. The van der Waals surface area contributed by atoms with Crippen molar-refractivity contribution in [3.05, 3.63) is 52.6 Å². The molecule has 23 heavy (non-hydrogen) atoms. The lowest BCUT2D eigenvalue weighted by Crippen LogP contribution is -2.15. The Morgan fingerprint density at radius 1 is 1.30 bits per heavy atom. The van der Waals surface area contributed by atoms with E-state index in [1.165, 1.54) is 4.90 Å². The fourth-order valence-corrected chi connectivity index (χ4v) is 3.33. The molecule has 2 heterocycles. The van der Waals surface area contributed by atoms with Gasteiger partial charge < -0.3 is 9.88 Å². The second kappa shape index (κ2) is 6.60. The van der Waals surface area contributed by atoms with E-state index in [-0.39, 0.29) is 5.91 Å². The van der Waals surface area contributed by atoms with E-state index in [1.807, 2.05) is 66.7 Å². The number of thiazole rings is 1. The van der Waals surface area contributed by atoms with Gasteiger partial charge in [-0.2, -0.15) is 0 Å². The van der Waals surface area contributed by atoms with Crippen molar-refractivity contribution in [3.8, 4) is 11.3 Å². The SMILES string of the molecule is CSc1ccc(NC(=O)c2cc(-c3csc(C)n3)cn2C)cc1. The van der Waals surface area contributed by atoms with Crippen LogP contribution in [0.2, 0.25) is 0 Å². The minimum Gasteiger partial charge on any atom is -0.346 e. The number of benzene rings is 1. The number of aromatic nitrogens is 2. The topological polar surface area (TPSA) is 46.9 Å². The molecule has 0 saturated heterocycles. The molecule has 0 spiro atoms. The van der Waals surface area contributed by atoms with Gasteiger partial charge >= 0.3 is 0 Å². The van der Waals surface area contributed by atoms with Crippen LogP contribution in [0.3, 0.4) is 0 Å². The third-order valence-electron chi connectivity index (χ3n) is 3.50. The van der Waals surface area contributed by atoms with Gasteiger partial charge in [0.05, 0.1) is 10.7 Å². The molecule has 3 aromatic rings. The number of anilines is 1. The predicted octanol–water partition coefficient (Wildman–Crippen LogP) is 4.43. The van der Waals surface area contributed by atoms with Gasteiger partial charge in [-0.15, -0.1) is 23.1 Å². The van der Waals surface area contributed by atoms with E-state index >= 15 is 0 Å². The summed E-state index contributed by atoms with van der Waals surface area (Å²) in [5.74, 6) is -0.123. The highest BCUT2D eigenvalue weighted by Gasteiger charge is 2.14. The average molecular weight is 343 g/mol. The van der Waals surface area contributed by atoms with Crippen LogP contribution in [-0.2, 0) is 7.05 Å². The Labute approximate surface area is 143 Å². The summed E-state index contributed by atoms with van der Waals surface area (Å²) in [5, 5.41) is 5.96. The Morgan fingerprint density at radius 3 is 2.65 bits per heavy atom. The van der Waals surface area contributed by atoms with Crippen molar-refractivity contribution in [2.75, 3.05) is 11.6 Å². The normalized spacial score (nSPS) is 10.7. The molecule has 6 heteroatoms. The molecule has 0 fully saturated rings. The second-order valence-corrected chi connectivity index (χ2v) is 7.10. The maximum Gasteiger partial charge on any atom is 0.272 e. The highest BCUT2D eigenvalue weighted by molar-refractivity contribution is 7.98. The number of hydrogen-bond acceptors (Lipinski definition) is 4. The van der Waals surface area contributed by atoms with Gasteiger partial charge in [-0.3, -0.25) is 4.79 Å². The van der Waals surface area contributed by atoms with E-state index in [1.54, 1.807) is 23.1 Å². The molecule has 118 valence electrons. The minimum atomic E-state index is -0.123. The highest BCUT2D eigenvalue weighted by atomic mass is 32.2. The van der Waals surface area contributed by atoms with Crippen LogP contribution in [0.1, 0.15) is 15.5 Å². The third kappa shape index (κ3) is 3.48. The second-order valence-electron chi connectivity index (χ2n) is 5.16. The van der Waals surface area contributed by atoms with E-state index in [2.05, 4.69) is 10.3 Å². The minimum absolute atomic E-state index is 0.123. The first kappa shape index (κ1) is 15.8. The van der Waals surface area contributed by atoms with Gasteiger partial charge in [-0.05, 0) is 43.5 Å². The van der Waals surface area contributed by atoms with E-state index in [9.17, 15) is 4.79 Å². The molecule has 0 atom stereocenters. The number of nitrogens with zero attached hydrogens (tertiary/aromatic N) is 2. The molecule has 0 aliphatic rings. The summed E-state index contributed by atoms with van der Waals surface area (Å²) >= 11 is 3.28. The standard InChI is InChI=1S/C17H17N3OS2/c1-11-18-15(10-23-11)12-8-16(20(2)9-12)17(21)19-13-4-6-14(22-3)7-5-13/h4-10H,1-3H3,(H,19,21). The van der Waals surface area contributed by atoms with Crippen LogP contribution in [-0.4, -0.2) is 21.7 Å². The maximum absolute atomic E-state index is 12.5. The Morgan fingerprint density at radius 2 is 2.04 bits per heavy atom. The number of aryl methyl sites for hydroxylation is 2. The van der Waals surface area contributed by atoms with Crippen molar-refractivity contribution in [2.45, 2.75) is 11.8 Å². The molecule has 0 saturated carbocycles. The summed E-state index contributed by atoms with van der Waals surface area (Å²) < 4.78 is 1.83. The van der Waals surface area contributed by atoms with Gasteiger partial charge in [-0.1, -0.05) is 0 Å². The van der Waals surface area contributed by atoms with Gasteiger partial charge in [0, 0.05) is 34.8 Å². The largest absolute Gasteiger partial charge is 0.346 e. The molecule has 1 N–H and O–H groups in total. The molecule has 1 aromatic carbocycles. The molecule has 4 nitrogen and oxygen atoms in total. The number of carbonyl (C=O) groups is 1. The van der Waals surface area contributed by atoms with Crippen molar-refractivity contribution in [2.24, 2.45) is 7.05 Å². The Kier molecular flexibility index (Phi) is 4.54. The molecule has 0 aliphatic heterocycles. The van der Waals surface area contributed by atoms with Crippen molar-refractivity contribution >= 4 is 34.7 Å². The molecular formula is C17H17N3OS2. The van der Waals surface area contributed by atoms with Crippen LogP contribution in [0, 0.1) is 6.92 Å². The average Bonchev–Trinajstić information content (AvgIpc) is 3.14. The Hall–Kier alpha value is -2.05. The van der Waals surface area contributed by atoms with Crippen molar-refractivity contribution in [1.29, 1.82) is 0 Å². The number of nitrogens with one attached hydrogen (secondary N) is 1. The molecular weight excluding hydrogens is 326 g/mol. The van der Waals surface area contributed by atoms with Crippen LogP contribution in [0.4, 0.5) is 5.69 Å². The summed E-state index contributed by atoms with van der Waals surface area (Å²) in [5.41, 5.74) is 3.27. The first-order chi connectivity index (χ1) is 11.1. The molecule has 3 rings (SSSR count). The smallest absolute Gasteiger partial charge is 0.272 e. The maximum atomic E-state index is 12.5. The van der Waals surface area contributed by atoms with Crippen molar-refractivity contribution in [3.63, 3.8) is 0 Å². The van der Waals surface area contributed by atoms with E-state index in [0.717, 1.165) is 22.0 Å². The first-order valence-corrected chi connectivity index (χ1v) is 9.21. The number of amides is 1. The number of hydrogen-bond donors (Lipinski definition) is 1. The van der Waals surface area contributed by atoms with Crippen LogP contribution in [0.25, 0.3) is 11.3 Å². The van der Waals surface area contributed by atoms with Crippen LogP contribution in [0.5, 0.6) is 0 Å². The van der Waals surface area contributed by atoms with Gasteiger partial charge in [0.2, 0.25) is 0 Å². The van der Waals surface area contributed by atoms with Gasteiger partial charge in [0.15, 0.2) is 0 Å². The van der Waals surface area contributed by atoms with Gasteiger partial charge in [0.25, 0.3) is 5.91 Å². The fraction of sp³-hybridized carbons (Fsp3) is 0.176. The zero-order chi connectivity index (χ0) is 16.4. The van der Waals surface area contributed by atoms with Crippen molar-refractivity contribution < 1.29 is 4.79 Å². The number of rotatable bonds is 4. The zero-order valence-corrected chi connectivity index (χ0v) is 14.8. The summed E-state index contributed by atoms with van der Waals surface area (Å²) in [6, 6.07) is 9.69. The monoisotopic (exact) mass is 343 g/mol. The number of carbonyl (C=O) groups excluding carboxylic acids is 1. The Bertz CT molecular complexity index is 834. The highest BCUT2D eigenvalue weighted by Crippen LogP contribution is 2.24. The Balaban J connectivity index is 1.80. The molecule has 0 unspecified atom stereocenters. The summed E-state index contributed by atoms with van der Waals surface area (Å²) in [6.45, 7) is 1.98. The molecule has 0 aliphatic carbocycles. The fourth-order valence-electron chi connectivity index (χ4n) is 2.30. The zero-order valence-electron chi connectivity index (χ0n) is 13.2. The van der Waals surface area contributed by atoms with Crippen molar-refractivity contribution in [1.82, 2.24) is 9.55 Å². The predicted molar refractivity (Wildman–Crippen MR) is 97.4 cm³/mol. The van der Waals surface area contributed by atoms with Crippen LogP contribution >= 0.6 is 23.1 Å². The van der Waals surface area contributed by atoms with Crippen LogP contribution in [0.15, 0.2) is 46.8 Å². The van der Waals surface area contributed by atoms with E-state index < -0.39 is 0 Å². The lowest BCUT2D eigenvalue weighted by Gasteiger charge is -2.06. The molecule has 2 aromatic heterocycles. The molecule has 1 amide bonds. The first-order valence-electron chi connectivity index (χ1n) is 7.11. The lowest BCUT2D eigenvalue weighted by atomic mass is 10.2. The summed E-state index contributed by atoms with van der Waals surface area (Å²) in [6.07, 6.45) is 3.96. The third-order valence-corrected chi connectivity index (χ3v) is 5.02.